The highest BCUT2D eigenvalue weighted by molar-refractivity contribution is 5.99. The van der Waals surface area contributed by atoms with E-state index in [0.29, 0.717) is 28.2 Å². The van der Waals surface area contributed by atoms with Gasteiger partial charge in [-0.2, -0.15) is 5.10 Å². The van der Waals surface area contributed by atoms with Crippen molar-refractivity contribution >= 4 is 33.7 Å². The average Bonchev–Trinajstić information content (AvgIpc) is 3.52. The molecule has 9 heteroatoms. The molecule has 0 saturated heterocycles. The fourth-order valence-corrected chi connectivity index (χ4v) is 4.24. The highest BCUT2D eigenvalue weighted by atomic mass is 19.1. The summed E-state index contributed by atoms with van der Waals surface area (Å²) in [5.74, 6) is -0.515. The first kappa shape index (κ1) is 22.5. The number of hydrogen-bond acceptors (Lipinski definition) is 5. The van der Waals surface area contributed by atoms with Crippen LogP contribution in [0.3, 0.4) is 0 Å². The Morgan fingerprint density at radius 1 is 1.03 bits per heavy atom. The summed E-state index contributed by atoms with van der Waals surface area (Å²) in [6, 6.07) is 15.9. The number of aromatic amines is 2. The summed E-state index contributed by atoms with van der Waals surface area (Å²) in [5, 5.41) is 11.3. The van der Waals surface area contributed by atoms with Gasteiger partial charge < -0.3 is 10.3 Å². The van der Waals surface area contributed by atoms with Gasteiger partial charge in [0.05, 0.1) is 28.8 Å². The molecule has 3 N–H and O–H groups in total. The van der Waals surface area contributed by atoms with E-state index >= 15 is 0 Å². The third-order valence-electron chi connectivity index (χ3n) is 6.16. The molecular formula is C28H22FN7O. The number of anilines is 1. The maximum absolute atomic E-state index is 13.9. The van der Waals surface area contributed by atoms with Gasteiger partial charge in [-0.25, -0.2) is 14.4 Å². The molecule has 37 heavy (non-hydrogen) atoms. The second kappa shape index (κ2) is 8.94. The maximum Gasteiger partial charge on any atom is 0.226 e. The molecule has 5 aromatic heterocycles. The van der Waals surface area contributed by atoms with E-state index in [4.69, 9.17) is 4.98 Å². The topological polar surface area (TPSA) is 112 Å². The van der Waals surface area contributed by atoms with Crippen molar-refractivity contribution in [3.8, 4) is 33.8 Å². The van der Waals surface area contributed by atoms with E-state index in [1.165, 1.54) is 12.1 Å². The van der Waals surface area contributed by atoms with E-state index in [1.54, 1.807) is 24.7 Å². The molecular weight excluding hydrogens is 469 g/mol. The number of nitrogens with one attached hydrogen (secondary N) is 3. The molecule has 6 aromatic rings. The van der Waals surface area contributed by atoms with Crippen molar-refractivity contribution in [2.24, 2.45) is 5.92 Å². The zero-order valence-electron chi connectivity index (χ0n) is 20.1. The lowest BCUT2D eigenvalue weighted by atomic mass is 10.0. The molecule has 0 fully saturated rings. The SMILES string of the molecule is CC(C)C(=O)Nc1cncc(-c2ccc3[nH]nc(-c4cc5c(-c6cccc(F)c6)ccnc5[nH]4)c3n2)c1. The first-order chi connectivity index (χ1) is 18.0. The predicted molar refractivity (Wildman–Crippen MR) is 141 cm³/mol. The second-order valence-electron chi connectivity index (χ2n) is 9.09. The van der Waals surface area contributed by atoms with E-state index in [-0.39, 0.29) is 17.6 Å². The highest BCUT2D eigenvalue weighted by Crippen LogP contribution is 2.33. The van der Waals surface area contributed by atoms with Crippen LogP contribution in [0.1, 0.15) is 13.8 Å². The molecule has 0 aliphatic carbocycles. The van der Waals surface area contributed by atoms with Crippen LogP contribution in [0.2, 0.25) is 0 Å². The third kappa shape index (κ3) is 4.20. The van der Waals surface area contributed by atoms with E-state index in [0.717, 1.165) is 33.3 Å². The third-order valence-corrected chi connectivity index (χ3v) is 6.16. The number of H-pyrrole nitrogens is 2. The van der Waals surface area contributed by atoms with Crippen LogP contribution in [-0.4, -0.2) is 36.0 Å². The molecule has 0 saturated carbocycles. The second-order valence-corrected chi connectivity index (χ2v) is 9.09. The Labute approximate surface area is 211 Å². The number of carbonyl (C=O) groups excluding carboxylic acids is 1. The standard InChI is InChI=1S/C28H22FN7O/c1-15(2)28(37)32-19-11-17(13-30-14-19)22-6-7-23-25(33-22)26(36-35-23)24-12-21-20(8-9-31-27(21)34-24)16-4-3-5-18(29)10-16/h3-15H,1-2H3,(H,31,34)(H,32,37)(H,35,36). The van der Waals surface area contributed by atoms with Crippen LogP contribution in [0, 0.1) is 11.7 Å². The maximum atomic E-state index is 13.9. The average molecular weight is 492 g/mol. The molecule has 1 aromatic carbocycles. The number of hydrogen-bond donors (Lipinski definition) is 3. The smallest absolute Gasteiger partial charge is 0.226 e. The van der Waals surface area contributed by atoms with Gasteiger partial charge in [0, 0.05) is 29.3 Å². The van der Waals surface area contributed by atoms with E-state index in [1.807, 2.05) is 50.2 Å². The number of pyridine rings is 3. The number of benzene rings is 1. The normalized spacial score (nSPS) is 11.5. The van der Waals surface area contributed by atoms with Crippen molar-refractivity contribution in [1.82, 2.24) is 30.1 Å². The number of carbonyl (C=O) groups is 1. The Hall–Kier alpha value is -4.92. The molecule has 0 spiro atoms. The Balaban J connectivity index is 1.41. The minimum absolute atomic E-state index is 0.0792. The van der Waals surface area contributed by atoms with Gasteiger partial charge in [-0.05, 0) is 53.6 Å². The molecule has 5 heterocycles. The van der Waals surface area contributed by atoms with Gasteiger partial charge in [0.2, 0.25) is 5.91 Å². The molecule has 182 valence electrons. The number of aromatic nitrogens is 6. The molecule has 8 nitrogen and oxygen atoms in total. The van der Waals surface area contributed by atoms with Crippen LogP contribution in [0.4, 0.5) is 10.1 Å². The summed E-state index contributed by atoms with van der Waals surface area (Å²) in [6.45, 7) is 3.67. The fraction of sp³-hybridized carbons (Fsp3) is 0.107. The number of nitrogens with zero attached hydrogens (tertiary/aromatic N) is 4. The van der Waals surface area contributed by atoms with E-state index in [9.17, 15) is 9.18 Å². The number of amides is 1. The van der Waals surface area contributed by atoms with Gasteiger partial charge in [0.25, 0.3) is 0 Å². The molecule has 0 radical (unpaired) electrons. The van der Waals surface area contributed by atoms with Crippen molar-refractivity contribution < 1.29 is 9.18 Å². The molecule has 0 unspecified atom stereocenters. The zero-order chi connectivity index (χ0) is 25.5. The Morgan fingerprint density at radius 3 is 2.76 bits per heavy atom. The summed E-state index contributed by atoms with van der Waals surface area (Å²) in [4.78, 5) is 29.0. The monoisotopic (exact) mass is 491 g/mol. The van der Waals surface area contributed by atoms with Gasteiger partial charge in [-0.15, -0.1) is 0 Å². The summed E-state index contributed by atoms with van der Waals surface area (Å²) in [5.41, 5.74) is 7.18. The molecule has 1 amide bonds. The van der Waals surface area contributed by atoms with E-state index in [2.05, 4.69) is 30.5 Å². The van der Waals surface area contributed by atoms with Gasteiger partial charge >= 0.3 is 0 Å². The molecule has 0 bridgehead atoms. The molecule has 0 aliphatic rings. The minimum atomic E-state index is -0.296. The largest absolute Gasteiger partial charge is 0.338 e. The number of halogens is 1. The first-order valence-corrected chi connectivity index (χ1v) is 11.8. The van der Waals surface area contributed by atoms with Gasteiger partial charge in [-0.1, -0.05) is 26.0 Å². The van der Waals surface area contributed by atoms with Crippen LogP contribution in [-0.2, 0) is 4.79 Å². The van der Waals surface area contributed by atoms with Gasteiger partial charge in [-0.3, -0.25) is 14.9 Å². The summed E-state index contributed by atoms with van der Waals surface area (Å²) < 4.78 is 13.9. The van der Waals surface area contributed by atoms with Gasteiger partial charge in [0.1, 0.15) is 22.7 Å². The predicted octanol–water partition coefficient (Wildman–Crippen LogP) is 5.96. The van der Waals surface area contributed by atoms with E-state index < -0.39 is 0 Å². The van der Waals surface area contributed by atoms with Gasteiger partial charge in [0.15, 0.2) is 0 Å². The minimum Gasteiger partial charge on any atom is -0.338 e. The van der Waals surface area contributed by atoms with Crippen molar-refractivity contribution in [3.05, 3.63) is 79.0 Å². The first-order valence-electron chi connectivity index (χ1n) is 11.8. The Morgan fingerprint density at radius 2 is 1.92 bits per heavy atom. The zero-order valence-corrected chi connectivity index (χ0v) is 20.1. The van der Waals surface area contributed by atoms with Crippen LogP contribution >= 0.6 is 0 Å². The molecule has 0 aliphatic heterocycles. The molecule has 0 atom stereocenters. The number of fused-ring (bicyclic) bond motifs is 2. The van der Waals surface area contributed by atoms with Crippen molar-refractivity contribution in [2.75, 3.05) is 5.32 Å². The van der Waals surface area contributed by atoms with Crippen molar-refractivity contribution in [2.45, 2.75) is 13.8 Å². The Kier molecular flexibility index (Phi) is 5.45. The quantitative estimate of drug-likeness (QED) is 0.275. The highest BCUT2D eigenvalue weighted by Gasteiger charge is 2.16. The van der Waals surface area contributed by atoms with Crippen molar-refractivity contribution in [1.29, 1.82) is 0 Å². The van der Waals surface area contributed by atoms with Crippen LogP contribution < -0.4 is 5.32 Å². The lowest BCUT2D eigenvalue weighted by Crippen LogP contribution is -2.17. The van der Waals surface area contributed by atoms with Crippen LogP contribution in [0.5, 0.6) is 0 Å². The summed E-state index contributed by atoms with van der Waals surface area (Å²) in [6.07, 6.45) is 5.01. The molecule has 6 rings (SSSR count). The lowest BCUT2D eigenvalue weighted by molar-refractivity contribution is -0.118. The number of rotatable bonds is 5. The van der Waals surface area contributed by atoms with Crippen molar-refractivity contribution in [3.63, 3.8) is 0 Å². The van der Waals surface area contributed by atoms with Crippen LogP contribution in [0.15, 0.2) is 73.2 Å². The lowest BCUT2D eigenvalue weighted by Gasteiger charge is -2.08. The Bertz CT molecular complexity index is 1790. The van der Waals surface area contributed by atoms with Crippen LogP contribution in [0.25, 0.3) is 55.8 Å². The fourth-order valence-electron chi connectivity index (χ4n) is 4.24. The summed E-state index contributed by atoms with van der Waals surface area (Å²) >= 11 is 0. The summed E-state index contributed by atoms with van der Waals surface area (Å²) in [7, 11) is 0.